The van der Waals surface area contributed by atoms with Crippen molar-refractivity contribution >= 4 is 133 Å². The fraction of sp³-hybridized carbons (Fsp3) is 0.133. The number of ketones is 1. The van der Waals surface area contributed by atoms with E-state index in [1.54, 1.807) is 0 Å². The fourth-order valence-electron chi connectivity index (χ4n) is 2.02. The first kappa shape index (κ1) is 22.2. The molecule has 0 amide bonds. The summed E-state index contributed by atoms with van der Waals surface area (Å²) in [6.45, 7) is 0. The van der Waals surface area contributed by atoms with E-state index in [0.717, 1.165) is 38.0 Å². The van der Waals surface area contributed by atoms with Crippen molar-refractivity contribution in [1.29, 1.82) is 0 Å². The first-order valence-corrected chi connectivity index (χ1v) is 13.2. The molecule has 2 aromatic rings. The van der Waals surface area contributed by atoms with Crippen LogP contribution in [0.2, 0.25) is 0 Å². The second kappa shape index (κ2) is 9.43. The van der Waals surface area contributed by atoms with Crippen molar-refractivity contribution < 1.29 is 4.79 Å². The predicted molar refractivity (Wildman–Crippen MR) is 128 cm³/mol. The van der Waals surface area contributed by atoms with Crippen molar-refractivity contribution in [2.24, 2.45) is 0 Å². The minimum Gasteiger partial charge on any atom is -0.289 e. The molecule has 0 aromatic heterocycles. The van der Waals surface area contributed by atoms with Gasteiger partial charge in [-0.2, -0.15) is 0 Å². The molecule has 2 aromatic carbocycles. The summed E-state index contributed by atoms with van der Waals surface area (Å²) in [4.78, 5) is 13.2. The van der Waals surface area contributed by atoms with Crippen molar-refractivity contribution in [3.8, 4) is 0 Å². The highest BCUT2D eigenvalue weighted by atomic mass is 79.9. The Bertz CT molecular complexity index is 764. The summed E-state index contributed by atoms with van der Waals surface area (Å²) in [6, 6.07) is 3.64. The van der Waals surface area contributed by atoms with Crippen molar-refractivity contribution in [2.75, 3.05) is 0 Å². The quantitative estimate of drug-likeness (QED) is 0.171. The number of halogens is 8. The number of carbonyl (C=O) groups excluding carboxylic acids is 1. The summed E-state index contributed by atoms with van der Waals surface area (Å²) < 4.78 is 5.03. The standard InChI is InChI=1S/C15H6Br8O/c16-3-7-11(20)5(1-9(18)13(7)22)15(24)6-2-10(19)14(23)8(4-17)12(6)21/h1-2H,3-4H2. The molecule has 0 bridgehead atoms. The molecule has 9 heteroatoms. The first-order valence-electron chi connectivity index (χ1n) is 6.23. The van der Waals surface area contributed by atoms with Crippen LogP contribution in [0.3, 0.4) is 0 Å². The Labute approximate surface area is 207 Å². The van der Waals surface area contributed by atoms with Crippen LogP contribution < -0.4 is 0 Å². The van der Waals surface area contributed by atoms with Crippen molar-refractivity contribution in [1.82, 2.24) is 0 Å². The van der Waals surface area contributed by atoms with Crippen LogP contribution >= 0.6 is 127 Å². The van der Waals surface area contributed by atoms with Gasteiger partial charge in [-0.25, -0.2) is 0 Å². The number of alkyl halides is 2. The zero-order valence-electron chi connectivity index (χ0n) is 11.5. The lowest BCUT2D eigenvalue weighted by molar-refractivity contribution is 0.103. The highest BCUT2D eigenvalue weighted by Gasteiger charge is 2.23. The lowest BCUT2D eigenvalue weighted by atomic mass is 10.0. The van der Waals surface area contributed by atoms with E-state index >= 15 is 0 Å². The molecule has 1 nitrogen and oxygen atoms in total. The zero-order chi connectivity index (χ0) is 18.2. The van der Waals surface area contributed by atoms with Gasteiger partial charge in [0, 0.05) is 48.6 Å². The van der Waals surface area contributed by atoms with Crippen LogP contribution in [-0.2, 0) is 10.7 Å². The number of hydrogen-bond donors (Lipinski definition) is 0. The Balaban J connectivity index is 2.71. The van der Waals surface area contributed by atoms with Crippen LogP contribution in [0, 0.1) is 0 Å². The van der Waals surface area contributed by atoms with Gasteiger partial charge >= 0.3 is 0 Å². The van der Waals surface area contributed by atoms with E-state index in [0.29, 0.717) is 21.8 Å². The van der Waals surface area contributed by atoms with Gasteiger partial charge in [0.2, 0.25) is 0 Å². The molecule has 2 rings (SSSR count). The van der Waals surface area contributed by atoms with Crippen LogP contribution in [-0.4, -0.2) is 5.78 Å². The molecule has 0 fully saturated rings. The summed E-state index contributed by atoms with van der Waals surface area (Å²) in [7, 11) is 0. The third kappa shape index (κ3) is 4.33. The second-order valence-electron chi connectivity index (χ2n) is 4.62. The topological polar surface area (TPSA) is 17.1 Å². The molecule has 0 aliphatic carbocycles. The maximum Gasteiger partial charge on any atom is 0.195 e. The molecule has 0 aliphatic rings. The van der Waals surface area contributed by atoms with Crippen LogP contribution in [0.4, 0.5) is 0 Å². The molecular weight excluding hydrogens is 835 g/mol. The highest BCUT2D eigenvalue weighted by Crippen LogP contribution is 2.41. The van der Waals surface area contributed by atoms with Gasteiger partial charge in [-0.1, -0.05) is 31.9 Å². The van der Waals surface area contributed by atoms with Crippen LogP contribution in [0.25, 0.3) is 0 Å². The SMILES string of the molecule is O=C(c1cc(Br)c(Br)c(CBr)c1Br)c1cc(Br)c(Br)c(CBr)c1Br. The lowest BCUT2D eigenvalue weighted by Gasteiger charge is -2.15. The van der Waals surface area contributed by atoms with E-state index in [-0.39, 0.29) is 5.78 Å². The molecule has 0 saturated carbocycles. The van der Waals surface area contributed by atoms with E-state index in [1.165, 1.54) is 0 Å². The molecule has 0 atom stereocenters. The van der Waals surface area contributed by atoms with Crippen molar-refractivity contribution in [3.05, 3.63) is 61.2 Å². The summed E-state index contributed by atoms with van der Waals surface area (Å²) in [6.07, 6.45) is 0. The lowest BCUT2D eigenvalue weighted by Crippen LogP contribution is -2.07. The summed E-state index contributed by atoms with van der Waals surface area (Å²) >= 11 is 28.2. The maximum atomic E-state index is 13.2. The van der Waals surface area contributed by atoms with Crippen LogP contribution in [0.15, 0.2) is 39.0 Å². The third-order valence-electron chi connectivity index (χ3n) is 3.25. The van der Waals surface area contributed by atoms with E-state index in [4.69, 9.17) is 0 Å². The molecule has 0 radical (unpaired) electrons. The highest BCUT2D eigenvalue weighted by molar-refractivity contribution is 9.13. The van der Waals surface area contributed by atoms with Gasteiger partial charge in [-0.05, 0) is 119 Å². The average molecular weight is 841 g/mol. The van der Waals surface area contributed by atoms with Gasteiger partial charge in [0.15, 0.2) is 5.78 Å². The minimum absolute atomic E-state index is 0.0699. The Morgan fingerprint density at radius 2 is 1.00 bits per heavy atom. The average Bonchev–Trinajstić information content (AvgIpc) is 2.55. The van der Waals surface area contributed by atoms with E-state index in [1.807, 2.05) is 12.1 Å². The van der Waals surface area contributed by atoms with Gasteiger partial charge < -0.3 is 0 Å². The van der Waals surface area contributed by atoms with E-state index < -0.39 is 0 Å². The van der Waals surface area contributed by atoms with Crippen LogP contribution in [0.5, 0.6) is 0 Å². The second-order valence-corrected chi connectivity index (χ2v) is 10.6. The fourth-order valence-corrected chi connectivity index (χ4v) is 8.29. The van der Waals surface area contributed by atoms with Crippen molar-refractivity contribution in [2.45, 2.75) is 10.7 Å². The Morgan fingerprint density at radius 1 is 0.667 bits per heavy atom. The van der Waals surface area contributed by atoms with Gasteiger partial charge in [-0.15, -0.1) is 0 Å². The summed E-state index contributed by atoms with van der Waals surface area (Å²) in [5, 5.41) is 1.23. The molecular formula is C15H6Br8O. The molecule has 0 saturated heterocycles. The van der Waals surface area contributed by atoms with E-state index in [2.05, 4.69) is 127 Å². The zero-order valence-corrected chi connectivity index (χ0v) is 24.2. The molecule has 0 unspecified atom stereocenters. The van der Waals surface area contributed by atoms with E-state index in [9.17, 15) is 4.79 Å². The molecule has 0 spiro atoms. The van der Waals surface area contributed by atoms with Gasteiger partial charge in [0.05, 0.1) is 0 Å². The normalized spacial score (nSPS) is 11.0. The summed E-state index contributed by atoms with van der Waals surface area (Å²) in [5.74, 6) is -0.0699. The van der Waals surface area contributed by atoms with Crippen molar-refractivity contribution in [3.63, 3.8) is 0 Å². The third-order valence-corrected chi connectivity index (χ3v) is 10.3. The molecule has 24 heavy (non-hydrogen) atoms. The minimum atomic E-state index is -0.0699. The molecule has 128 valence electrons. The number of hydrogen-bond acceptors (Lipinski definition) is 1. The number of rotatable bonds is 4. The number of carbonyl (C=O) groups is 1. The Hall–Kier alpha value is 1.95. The maximum absolute atomic E-state index is 13.2. The first-order chi connectivity index (χ1) is 11.2. The predicted octanol–water partition coefficient (Wildman–Crippen LogP) is 9.28. The Morgan fingerprint density at radius 3 is 1.29 bits per heavy atom. The summed E-state index contributed by atoms with van der Waals surface area (Å²) in [5.41, 5.74) is 3.13. The van der Waals surface area contributed by atoms with Crippen LogP contribution in [0.1, 0.15) is 27.0 Å². The molecule has 0 heterocycles. The monoisotopic (exact) mass is 833 g/mol. The van der Waals surface area contributed by atoms with Gasteiger partial charge in [0.1, 0.15) is 0 Å². The smallest absolute Gasteiger partial charge is 0.195 e. The number of benzene rings is 2. The Kier molecular flexibility index (Phi) is 8.74. The molecule has 0 aliphatic heterocycles. The van der Waals surface area contributed by atoms with Gasteiger partial charge in [-0.3, -0.25) is 4.79 Å². The largest absolute Gasteiger partial charge is 0.289 e. The molecule has 0 N–H and O–H groups in total. The van der Waals surface area contributed by atoms with Gasteiger partial charge in [0.25, 0.3) is 0 Å².